The van der Waals surface area contributed by atoms with Crippen molar-refractivity contribution in [2.75, 3.05) is 0 Å². The summed E-state index contributed by atoms with van der Waals surface area (Å²) in [5.41, 5.74) is -0.550. The Bertz CT molecular complexity index is 2880. The lowest BCUT2D eigenvalue weighted by molar-refractivity contribution is 0.627. The summed E-state index contributed by atoms with van der Waals surface area (Å²) in [6, 6.07) is 32.3. The zero-order valence-corrected chi connectivity index (χ0v) is 28.3. The Balaban J connectivity index is 1.75. The number of nitrogens with zero attached hydrogens (tertiary/aromatic N) is 10. The fourth-order valence-corrected chi connectivity index (χ4v) is 6.96. The largest absolute Gasteiger partial charge is 0.254 e. The lowest BCUT2D eigenvalue weighted by Gasteiger charge is -2.18. The molecule has 2 heterocycles. The van der Waals surface area contributed by atoms with Crippen LogP contribution in [-0.2, 0) is 0 Å². The minimum atomic E-state index is -0.607. The molecule has 7 rings (SSSR count). The maximum atomic E-state index is 14.3. The van der Waals surface area contributed by atoms with Crippen LogP contribution in [-0.4, -0.2) is 9.97 Å². The number of hydrogen-bond acceptors (Lipinski definition) is 10. The molecule has 0 saturated carbocycles. The lowest BCUT2D eigenvalue weighted by atomic mass is 9.81. The van der Waals surface area contributed by atoms with Gasteiger partial charge >= 0.3 is 0 Å². The molecule has 5 aromatic rings. The highest BCUT2D eigenvalue weighted by molar-refractivity contribution is 6.36. The first-order valence-electron chi connectivity index (χ1n) is 16.2. The van der Waals surface area contributed by atoms with Crippen LogP contribution in [0, 0.1) is 102 Å². The predicted molar refractivity (Wildman–Crippen MR) is 196 cm³/mol. The van der Waals surface area contributed by atoms with E-state index in [9.17, 15) is 50.9 Å². The normalized spacial score (nSPS) is 14.0. The van der Waals surface area contributed by atoms with E-state index in [4.69, 9.17) is 0 Å². The van der Waals surface area contributed by atoms with E-state index in [1.54, 1.807) is 0 Å². The van der Waals surface area contributed by atoms with Crippen LogP contribution < -0.4 is 0 Å². The molecule has 0 N–H and O–H groups in total. The molecule has 0 radical (unpaired) electrons. The second-order valence-electron chi connectivity index (χ2n) is 12.0. The van der Waals surface area contributed by atoms with Crippen molar-refractivity contribution in [3.63, 3.8) is 0 Å². The quantitative estimate of drug-likeness (QED) is 0.163. The highest BCUT2D eigenvalue weighted by Gasteiger charge is 2.43. The van der Waals surface area contributed by atoms with Gasteiger partial charge in [-0.3, -0.25) is 9.97 Å². The van der Waals surface area contributed by atoms with Crippen molar-refractivity contribution in [1.29, 1.82) is 42.1 Å². The molecular formula is C44H14F2N10. The number of allylic oxidation sites excluding steroid dienone is 8. The topological polar surface area (TPSA) is 216 Å². The number of hydrogen-bond donors (Lipinski definition) is 0. The average Bonchev–Trinajstić information content (AvgIpc) is 3.75. The van der Waals surface area contributed by atoms with Gasteiger partial charge in [0, 0.05) is 56.9 Å². The Morgan fingerprint density at radius 2 is 0.804 bits per heavy atom. The minimum absolute atomic E-state index is 0.0261. The molecule has 254 valence electrons. The maximum absolute atomic E-state index is 14.3. The number of fused-ring (bicyclic) bond motifs is 2. The van der Waals surface area contributed by atoms with E-state index < -0.39 is 11.6 Å². The molecule has 0 fully saturated rings. The Kier molecular flexibility index (Phi) is 8.79. The molecule has 12 heteroatoms. The summed E-state index contributed by atoms with van der Waals surface area (Å²) < 4.78 is 28.6. The van der Waals surface area contributed by atoms with E-state index in [0.717, 1.165) is 24.3 Å². The van der Waals surface area contributed by atoms with E-state index in [-0.39, 0.29) is 112 Å². The summed E-state index contributed by atoms with van der Waals surface area (Å²) in [5.74, 6) is -1.21. The highest BCUT2D eigenvalue weighted by Crippen LogP contribution is 2.59. The highest BCUT2D eigenvalue weighted by atomic mass is 19.1. The summed E-state index contributed by atoms with van der Waals surface area (Å²) >= 11 is 0. The fourth-order valence-electron chi connectivity index (χ4n) is 6.96. The molecule has 0 amide bonds. The minimum Gasteiger partial charge on any atom is -0.254 e. The number of nitriles is 8. The van der Waals surface area contributed by atoms with E-state index in [1.165, 1.54) is 60.9 Å². The molecule has 0 spiro atoms. The molecule has 2 aliphatic rings. The van der Waals surface area contributed by atoms with Gasteiger partial charge in [-0.05, 0) is 59.7 Å². The molecule has 2 aliphatic carbocycles. The van der Waals surface area contributed by atoms with E-state index in [0.29, 0.717) is 0 Å². The number of pyridine rings is 2. The molecular weight excluding hydrogens is 707 g/mol. The molecule has 10 nitrogen and oxygen atoms in total. The predicted octanol–water partition coefficient (Wildman–Crippen LogP) is 8.01. The van der Waals surface area contributed by atoms with E-state index in [1.807, 2.05) is 12.1 Å². The molecule has 2 aromatic heterocycles. The van der Waals surface area contributed by atoms with Gasteiger partial charge in [-0.25, -0.2) is 8.78 Å². The third-order valence-corrected chi connectivity index (χ3v) is 9.23. The molecule has 56 heavy (non-hydrogen) atoms. The maximum Gasteiger partial charge on any atom is 0.123 e. The van der Waals surface area contributed by atoms with Gasteiger partial charge in [0.1, 0.15) is 60.2 Å². The van der Waals surface area contributed by atoms with Crippen molar-refractivity contribution in [3.8, 4) is 48.6 Å². The van der Waals surface area contributed by atoms with Gasteiger partial charge in [0.05, 0.1) is 55.9 Å². The Hall–Kier alpha value is -9.30. The average molecular weight is 721 g/mol. The van der Waals surface area contributed by atoms with Crippen molar-refractivity contribution < 1.29 is 8.78 Å². The molecule has 0 atom stereocenters. The second kappa shape index (κ2) is 14.0. The molecule has 0 aliphatic heterocycles. The summed E-state index contributed by atoms with van der Waals surface area (Å²) in [7, 11) is 0. The zero-order valence-electron chi connectivity index (χ0n) is 28.3. The second-order valence-corrected chi connectivity index (χ2v) is 12.0. The standard InChI is InChI=1S/C44H14F2N10/c45-27-7-3-25(4-8-27)37-31(17-51)39-33(19-53)40-32(18-52)38(26-5-9-28(46)10-6-26)42(30(16-50)36-12-2-24(14-48)22-56-36)44(40)34(20-54)43(39)41(37)29(15-49)35-11-1-23(13-47)21-55-35/h1-12,21-22H/b41-29+,42-30+. The number of aromatic nitrogens is 2. The first kappa shape index (κ1) is 35.1. The van der Waals surface area contributed by atoms with Crippen molar-refractivity contribution in [3.05, 3.63) is 164 Å². The Morgan fingerprint density at radius 1 is 0.429 bits per heavy atom. The van der Waals surface area contributed by atoms with Gasteiger partial charge < -0.3 is 0 Å². The van der Waals surface area contributed by atoms with E-state index >= 15 is 0 Å². The number of halogens is 2. The molecule has 0 saturated heterocycles. The third-order valence-electron chi connectivity index (χ3n) is 9.23. The fraction of sp³-hybridized carbons (Fsp3) is 0. The number of benzene rings is 3. The molecule has 0 bridgehead atoms. The van der Waals surface area contributed by atoms with Crippen molar-refractivity contribution in [2.45, 2.75) is 0 Å². The van der Waals surface area contributed by atoms with Gasteiger partial charge in [-0.15, -0.1) is 0 Å². The lowest BCUT2D eigenvalue weighted by Crippen LogP contribution is -2.05. The number of rotatable bonds is 4. The third kappa shape index (κ3) is 5.32. The van der Waals surface area contributed by atoms with Crippen LogP contribution >= 0.6 is 0 Å². The summed E-state index contributed by atoms with van der Waals surface area (Å²) in [6.07, 6.45) is 2.46. The smallest absolute Gasteiger partial charge is 0.123 e. The van der Waals surface area contributed by atoms with Gasteiger partial charge in [-0.2, -0.15) is 42.1 Å². The Morgan fingerprint density at radius 3 is 1.09 bits per heavy atom. The van der Waals surface area contributed by atoms with Crippen LogP contribution in [0.15, 0.2) is 85.2 Å². The van der Waals surface area contributed by atoms with Crippen LogP contribution in [0.25, 0.3) is 44.6 Å². The van der Waals surface area contributed by atoms with Crippen molar-refractivity contribution in [1.82, 2.24) is 9.97 Å². The monoisotopic (exact) mass is 720 g/mol. The SMILES string of the molecule is N#CC1=C(c2ccc(F)cc2)/C(=C(/C#N)c2ccc(C#N)cn2)c2c(C#N)c3c(c(C#N)c21)C(C#N)=C(c1ccc(F)cc1)/C3=C(/C#N)c1ccc(C#N)cn1. The summed E-state index contributed by atoms with van der Waals surface area (Å²) in [6.45, 7) is 0. The first-order chi connectivity index (χ1) is 27.3. The van der Waals surface area contributed by atoms with Gasteiger partial charge in [0.15, 0.2) is 0 Å². The molecule has 3 aromatic carbocycles. The summed E-state index contributed by atoms with van der Waals surface area (Å²) in [5, 5.41) is 84.4. The van der Waals surface area contributed by atoms with Crippen molar-refractivity contribution in [2.24, 2.45) is 0 Å². The van der Waals surface area contributed by atoms with Crippen LogP contribution in [0.1, 0.15) is 67.0 Å². The van der Waals surface area contributed by atoms with Crippen LogP contribution in [0.2, 0.25) is 0 Å². The van der Waals surface area contributed by atoms with Crippen LogP contribution in [0.3, 0.4) is 0 Å². The van der Waals surface area contributed by atoms with Crippen LogP contribution in [0.4, 0.5) is 8.78 Å². The van der Waals surface area contributed by atoms with Crippen LogP contribution in [0.5, 0.6) is 0 Å². The van der Waals surface area contributed by atoms with E-state index in [2.05, 4.69) is 46.4 Å². The summed E-state index contributed by atoms with van der Waals surface area (Å²) in [4.78, 5) is 8.63. The van der Waals surface area contributed by atoms with Gasteiger partial charge in [0.2, 0.25) is 0 Å². The first-order valence-corrected chi connectivity index (χ1v) is 16.2. The zero-order chi connectivity index (χ0) is 39.7. The van der Waals surface area contributed by atoms with Crippen molar-refractivity contribution >= 4 is 44.6 Å². The molecule has 0 unspecified atom stereocenters. The Labute approximate surface area is 317 Å². The van der Waals surface area contributed by atoms with Gasteiger partial charge in [-0.1, -0.05) is 24.3 Å². The van der Waals surface area contributed by atoms with Gasteiger partial charge in [0.25, 0.3) is 0 Å².